The molecule has 1 heterocycles. The van der Waals surface area contributed by atoms with Gasteiger partial charge in [0.2, 0.25) is 10.0 Å². The van der Waals surface area contributed by atoms with Crippen LogP contribution in [0.25, 0.3) is 11.1 Å². The fourth-order valence-corrected chi connectivity index (χ4v) is 5.95. The third kappa shape index (κ3) is 6.47. The summed E-state index contributed by atoms with van der Waals surface area (Å²) in [6.07, 6.45) is 1.60. The highest BCUT2D eigenvalue weighted by molar-refractivity contribution is 7.93. The molecular weight excluding hydrogens is 495 g/mol. The molecule has 190 valence electrons. The van der Waals surface area contributed by atoms with E-state index in [0.29, 0.717) is 16.9 Å². The molecule has 0 bridgehead atoms. The predicted octanol–water partition coefficient (Wildman–Crippen LogP) is 2.84. The average Bonchev–Trinajstić information content (AvgIpc) is 2.81. The van der Waals surface area contributed by atoms with Crippen LogP contribution in [0.2, 0.25) is 0 Å². The van der Waals surface area contributed by atoms with Gasteiger partial charge in [0, 0.05) is 49.7 Å². The molecule has 2 aromatic rings. The minimum atomic E-state index is -3.97. The summed E-state index contributed by atoms with van der Waals surface area (Å²) in [6, 6.07) is 12.1. The van der Waals surface area contributed by atoms with Crippen LogP contribution in [0.3, 0.4) is 0 Å². The molecule has 0 atom stereocenters. The van der Waals surface area contributed by atoms with E-state index in [1.807, 2.05) is 6.92 Å². The zero-order chi connectivity index (χ0) is 25.9. The number of carbonyl (C=O) groups is 1. The molecular formula is C24H29FN2O6S2. The summed E-state index contributed by atoms with van der Waals surface area (Å²) in [5, 5.41) is 3.28. The first-order valence-corrected chi connectivity index (χ1v) is 14.3. The maximum Gasteiger partial charge on any atom is 0.258 e. The molecule has 0 aliphatic carbocycles. The molecule has 0 spiro atoms. The lowest BCUT2D eigenvalue weighted by molar-refractivity contribution is -0.135. The van der Waals surface area contributed by atoms with Crippen molar-refractivity contribution in [2.45, 2.75) is 30.3 Å². The van der Waals surface area contributed by atoms with Crippen LogP contribution in [0.5, 0.6) is 5.75 Å². The average molecular weight is 525 g/mol. The van der Waals surface area contributed by atoms with Crippen molar-refractivity contribution in [2.75, 3.05) is 33.0 Å². The SMILES string of the molecule is COc1cccc(-c2cc(C)ccc2S(=O)(=O)N2CCC(F)(C(=O)NC/C=C/S(C)(=O)=O)CC2)c1. The number of nitrogens with one attached hydrogen (secondary N) is 1. The van der Waals surface area contributed by atoms with Crippen molar-refractivity contribution in [1.82, 2.24) is 9.62 Å². The monoisotopic (exact) mass is 524 g/mol. The fraction of sp³-hybridized carbons (Fsp3) is 0.375. The topological polar surface area (TPSA) is 110 Å². The van der Waals surface area contributed by atoms with Gasteiger partial charge in [-0.3, -0.25) is 4.79 Å². The summed E-state index contributed by atoms with van der Waals surface area (Å²) in [4.78, 5) is 12.5. The lowest BCUT2D eigenvalue weighted by Crippen LogP contribution is -2.52. The van der Waals surface area contributed by atoms with Crippen molar-refractivity contribution in [3.63, 3.8) is 0 Å². The van der Waals surface area contributed by atoms with Crippen molar-refractivity contribution < 1.29 is 30.8 Å². The van der Waals surface area contributed by atoms with E-state index in [-0.39, 0.29) is 37.4 Å². The molecule has 1 N–H and O–H groups in total. The van der Waals surface area contributed by atoms with Crippen LogP contribution in [0.1, 0.15) is 18.4 Å². The second-order valence-electron chi connectivity index (χ2n) is 8.51. The summed E-state index contributed by atoms with van der Waals surface area (Å²) >= 11 is 0. The van der Waals surface area contributed by atoms with E-state index >= 15 is 4.39 Å². The first-order valence-electron chi connectivity index (χ1n) is 10.9. The van der Waals surface area contributed by atoms with Crippen molar-refractivity contribution >= 4 is 25.8 Å². The Labute approximate surface area is 205 Å². The number of hydrogen-bond donors (Lipinski definition) is 1. The number of methoxy groups -OCH3 is 1. The number of amides is 1. The Morgan fingerprint density at radius 2 is 1.83 bits per heavy atom. The highest BCUT2D eigenvalue weighted by atomic mass is 32.2. The minimum Gasteiger partial charge on any atom is -0.497 e. The van der Waals surface area contributed by atoms with Crippen LogP contribution in [0.15, 0.2) is 58.8 Å². The Hall–Kier alpha value is -2.76. The minimum absolute atomic E-state index is 0.0954. The van der Waals surface area contributed by atoms with E-state index in [1.54, 1.807) is 36.4 Å². The van der Waals surface area contributed by atoms with Gasteiger partial charge in [-0.2, -0.15) is 4.31 Å². The van der Waals surface area contributed by atoms with Gasteiger partial charge in [0.05, 0.1) is 12.0 Å². The highest BCUT2D eigenvalue weighted by Crippen LogP contribution is 2.35. The van der Waals surface area contributed by atoms with E-state index in [2.05, 4.69) is 5.32 Å². The first kappa shape index (κ1) is 26.8. The van der Waals surface area contributed by atoms with Gasteiger partial charge in [-0.25, -0.2) is 21.2 Å². The Morgan fingerprint density at radius 1 is 1.14 bits per heavy atom. The lowest BCUT2D eigenvalue weighted by Gasteiger charge is -2.35. The van der Waals surface area contributed by atoms with E-state index < -0.39 is 31.4 Å². The van der Waals surface area contributed by atoms with Gasteiger partial charge < -0.3 is 10.1 Å². The zero-order valence-corrected chi connectivity index (χ0v) is 21.5. The van der Waals surface area contributed by atoms with Crippen LogP contribution in [0.4, 0.5) is 4.39 Å². The number of rotatable bonds is 8. The quantitative estimate of drug-likeness (QED) is 0.569. The number of hydrogen-bond acceptors (Lipinski definition) is 6. The maximum atomic E-state index is 15.3. The number of halogens is 1. The molecule has 1 fully saturated rings. The van der Waals surface area contributed by atoms with E-state index in [1.165, 1.54) is 23.6 Å². The van der Waals surface area contributed by atoms with Crippen LogP contribution in [0, 0.1) is 6.92 Å². The number of alkyl halides is 1. The molecule has 1 amide bonds. The van der Waals surface area contributed by atoms with Crippen molar-refractivity contribution in [3.8, 4) is 16.9 Å². The molecule has 35 heavy (non-hydrogen) atoms. The number of nitrogens with zero attached hydrogens (tertiary/aromatic N) is 1. The summed E-state index contributed by atoms with van der Waals surface area (Å²) in [5.41, 5.74) is -0.181. The predicted molar refractivity (Wildman–Crippen MR) is 132 cm³/mol. The molecule has 1 saturated heterocycles. The summed E-state index contributed by atoms with van der Waals surface area (Å²) in [7, 11) is -5.79. The van der Waals surface area contributed by atoms with Gasteiger partial charge in [0.1, 0.15) is 5.75 Å². The molecule has 0 radical (unpaired) electrons. The molecule has 0 saturated carbocycles. The molecule has 3 rings (SSSR count). The van der Waals surface area contributed by atoms with E-state index in [0.717, 1.165) is 17.2 Å². The van der Waals surface area contributed by atoms with Crippen LogP contribution < -0.4 is 10.1 Å². The first-order chi connectivity index (χ1) is 16.4. The standard InChI is InChI=1S/C24H29FN2O6S2/c1-18-8-9-22(21(16-18)19-6-4-7-20(17-19)33-2)35(31,32)27-13-10-24(25,11-14-27)23(28)26-12-5-15-34(3,29)30/h4-9,15-17H,10-14H2,1-3H3,(H,26,28)/b15-5+. The van der Waals surface area contributed by atoms with Crippen molar-refractivity contribution in [2.24, 2.45) is 0 Å². The maximum absolute atomic E-state index is 15.3. The Balaban J connectivity index is 1.78. The summed E-state index contributed by atoms with van der Waals surface area (Å²) in [5.74, 6) is -0.301. The van der Waals surface area contributed by atoms with Crippen LogP contribution in [-0.4, -0.2) is 65.7 Å². The smallest absolute Gasteiger partial charge is 0.258 e. The lowest BCUT2D eigenvalue weighted by atomic mass is 9.93. The number of carbonyl (C=O) groups excluding carboxylic acids is 1. The molecule has 0 unspecified atom stereocenters. The number of aryl methyl sites for hydroxylation is 1. The number of sulfonamides is 1. The third-order valence-corrected chi connectivity index (χ3v) is 8.42. The number of ether oxygens (including phenoxy) is 1. The molecule has 2 aromatic carbocycles. The highest BCUT2D eigenvalue weighted by Gasteiger charge is 2.44. The van der Waals surface area contributed by atoms with Gasteiger partial charge in [-0.15, -0.1) is 0 Å². The van der Waals surface area contributed by atoms with Gasteiger partial charge in [-0.1, -0.05) is 35.9 Å². The number of sulfone groups is 1. The molecule has 0 aromatic heterocycles. The van der Waals surface area contributed by atoms with Gasteiger partial charge in [-0.05, 0) is 30.7 Å². The van der Waals surface area contributed by atoms with Crippen LogP contribution in [-0.2, 0) is 24.7 Å². The second kappa shape index (κ2) is 10.5. The van der Waals surface area contributed by atoms with Crippen LogP contribution >= 0.6 is 0 Å². The molecule has 1 aliphatic heterocycles. The van der Waals surface area contributed by atoms with Gasteiger partial charge in [0.25, 0.3) is 5.91 Å². The summed E-state index contributed by atoms with van der Waals surface area (Å²) < 4.78 is 71.0. The second-order valence-corrected chi connectivity index (χ2v) is 12.3. The molecule has 11 heteroatoms. The Morgan fingerprint density at radius 3 is 2.46 bits per heavy atom. The normalized spacial score (nSPS) is 16.8. The Kier molecular flexibility index (Phi) is 8.03. The largest absolute Gasteiger partial charge is 0.497 e. The fourth-order valence-electron chi connectivity index (χ4n) is 3.87. The van der Waals surface area contributed by atoms with Crippen molar-refractivity contribution in [1.29, 1.82) is 0 Å². The van der Waals surface area contributed by atoms with Crippen molar-refractivity contribution in [3.05, 3.63) is 59.5 Å². The van der Waals surface area contributed by atoms with E-state index in [9.17, 15) is 21.6 Å². The number of benzene rings is 2. The van der Waals surface area contributed by atoms with Gasteiger partial charge in [0.15, 0.2) is 15.5 Å². The van der Waals surface area contributed by atoms with Gasteiger partial charge >= 0.3 is 0 Å². The molecule has 1 aliphatic rings. The molecule has 8 nitrogen and oxygen atoms in total. The zero-order valence-electron chi connectivity index (χ0n) is 19.8. The van der Waals surface area contributed by atoms with E-state index in [4.69, 9.17) is 4.74 Å². The third-order valence-electron chi connectivity index (χ3n) is 5.78. The summed E-state index contributed by atoms with van der Waals surface area (Å²) in [6.45, 7) is 1.38. The Bertz CT molecular complexity index is 1330. The number of piperidine rings is 1.